The number of piperidine rings is 1. The zero-order valence-corrected chi connectivity index (χ0v) is 24.5. The van der Waals surface area contributed by atoms with Crippen LogP contribution in [-0.2, 0) is 4.57 Å². The van der Waals surface area contributed by atoms with E-state index in [0.29, 0.717) is 22.6 Å². The monoisotopic (exact) mass is 585 g/mol. The van der Waals surface area contributed by atoms with Crippen LogP contribution in [0.3, 0.4) is 0 Å². The SMILES string of the molecule is COc1cc(N2CCC(N3CCN(C)CC3)CC2)ccc1Nc1nc(Nc2ncc(P=O)nc2OC)ncc1Cl. The van der Waals surface area contributed by atoms with Crippen LogP contribution in [0.4, 0.5) is 29.0 Å². The van der Waals surface area contributed by atoms with E-state index in [4.69, 9.17) is 21.1 Å². The van der Waals surface area contributed by atoms with Gasteiger partial charge in [0.05, 0.1) is 32.3 Å². The van der Waals surface area contributed by atoms with E-state index < -0.39 is 0 Å². The maximum atomic E-state index is 11.1. The minimum Gasteiger partial charge on any atom is -0.494 e. The number of nitrogens with zero attached hydrogens (tertiary/aromatic N) is 7. The molecule has 0 radical (unpaired) electrons. The summed E-state index contributed by atoms with van der Waals surface area (Å²) in [6, 6.07) is 6.77. The van der Waals surface area contributed by atoms with Crippen LogP contribution in [0.2, 0.25) is 5.02 Å². The van der Waals surface area contributed by atoms with E-state index >= 15 is 0 Å². The number of likely N-dealkylation sites (N-methyl/N-ethyl adjacent to an activating group) is 1. The molecule has 2 N–H and O–H groups in total. The van der Waals surface area contributed by atoms with Gasteiger partial charge in [-0.05, 0) is 32.0 Å². The number of halogens is 1. The molecule has 5 rings (SSSR count). The molecule has 3 aromatic rings. The van der Waals surface area contributed by atoms with E-state index in [1.54, 1.807) is 7.11 Å². The van der Waals surface area contributed by atoms with Crippen molar-refractivity contribution < 1.29 is 14.0 Å². The highest BCUT2D eigenvalue weighted by atomic mass is 35.5. The van der Waals surface area contributed by atoms with Gasteiger partial charge in [-0.2, -0.15) is 4.98 Å². The first kappa shape index (κ1) is 28.2. The third-order valence-corrected chi connectivity index (χ3v) is 7.99. The molecule has 2 aromatic heterocycles. The van der Waals surface area contributed by atoms with Gasteiger partial charge in [-0.1, -0.05) is 11.6 Å². The summed E-state index contributed by atoms with van der Waals surface area (Å²) in [4.78, 5) is 24.5. The molecule has 0 bridgehead atoms. The van der Waals surface area contributed by atoms with Gasteiger partial charge in [0.15, 0.2) is 17.1 Å². The summed E-state index contributed by atoms with van der Waals surface area (Å²) in [5, 5.41) is 6.57. The molecule has 2 aliphatic rings. The van der Waals surface area contributed by atoms with Crippen molar-refractivity contribution in [2.75, 3.05) is 76.1 Å². The van der Waals surface area contributed by atoms with Crippen LogP contribution in [0.25, 0.3) is 0 Å². The zero-order chi connectivity index (χ0) is 28.1. The summed E-state index contributed by atoms with van der Waals surface area (Å²) >= 11 is 6.42. The number of piperazine rings is 1. The number of anilines is 5. The summed E-state index contributed by atoms with van der Waals surface area (Å²) in [6.45, 7) is 6.65. The molecule has 212 valence electrons. The first-order valence-electron chi connectivity index (χ1n) is 13.1. The van der Waals surface area contributed by atoms with Gasteiger partial charge in [-0.3, -0.25) is 9.46 Å². The van der Waals surface area contributed by atoms with Crippen molar-refractivity contribution in [1.82, 2.24) is 29.7 Å². The second kappa shape index (κ2) is 12.9. The number of methoxy groups -OCH3 is 2. The smallest absolute Gasteiger partial charge is 0.258 e. The maximum Gasteiger partial charge on any atom is 0.258 e. The Morgan fingerprint density at radius 1 is 0.950 bits per heavy atom. The molecule has 0 saturated carbocycles. The highest BCUT2D eigenvalue weighted by Crippen LogP contribution is 2.35. The quantitative estimate of drug-likeness (QED) is 0.357. The van der Waals surface area contributed by atoms with E-state index in [2.05, 4.69) is 58.4 Å². The lowest BCUT2D eigenvalue weighted by Gasteiger charge is -2.42. The minimum absolute atomic E-state index is 0.165. The zero-order valence-electron chi connectivity index (χ0n) is 22.8. The molecule has 0 amide bonds. The number of ether oxygens (including phenoxy) is 2. The standard InChI is InChI=1S/C26H33ClN9O3P/c1-34-10-12-36(13-11-34)17-6-8-35(9-7-17)18-4-5-20(21(14-18)38-2)30-23-19(27)15-29-26(32-23)33-24-25(39-3)31-22(40-37)16-28-24/h4-5,14-17H,6-13H2,1-3H3,(H2,28,29,30,32,33). The van der Waals surface area contributed by atoms with Crippen LogP contribution in [0.1, 0.15) is 12.8 Å². The average Bonchev–Trinajstić information content (AvgIpc) is 2.99. The highest BCUT2D eigenvalue weighted by molar-refractivity contribution is 7.33. The second-order valence-corrected chi connectivity index (χ2v) is 10.8. The number of nitrogens with one attached hydrogen (secondary N) is 2. The first-order valence-corrected chi connectivity index (χ1v) is 14.3. The van der Waals surface area contributed by atoms with Crippen molar-refractivity contribution in [3.8, 4) is 11.6 Å². The van der Waals surface area contributed by atoms with Gasteiger partial charge in [-0.15, -0.1) is 0 Å². The predicted octanol–water partition coefficient (Wildman–Crippen LogP) is 3.56. The maximum absolute atomic E-state index is 11.1. The molecule has 2 fully saturated rings. The van der Waals surface area contributed by atoms with Crippen molar-refractivity contribution in [2.24, 2.45) is 0 Å². The van der Waals surface area contributed by atoms with Crippen LogP contribution in [0.15, 0.2) is 30.6 Å². The van der Waals surface area contributed by atoms with E-state index in [0.717, 1.165) is 63.5 Å². The van der Waals surface area contributed by atoms with E-state index in [9.17, 15) is 4.57 Å². The Bertz CT molecular complexity index is 1330. The van der Waals surface area contributed by atoms with E-state index in [1.165, 1.54) is 19.5 Å². The Morgan fingerprint density at radius 2 is 1.73 bits per heavy atom. The molecule has 4 heterocycles. The number of hydrogen-bond acceptors (Lipinski definition) is 12. The Labute approximate surface area is 240 Å². The van der Waals surface area contributed by atoms with Gasteiger partial charge in [0.25, 0.3) is 5.88 Å². The average molecular weight is 586 g/mol. The predicted molar refractivity (Wildman–Crippen MR) is 157 cm³/mol. The largest absolute Gasteiger partial charge is 0.494 e. The lowest BCUT2D eigenvalue weighted by Crippen LogP contribution is -2.52. The molecule has 2 saturated heterocycles. The molecule has 14 heteroatoms. The molecular formula is C26H33ClN9O3P. The normalized spacial score (nSPS) is 17.1. The van der Waals surface area contributed by atoms with Gasteiger partial charge >= 0.3 is 0 Å². The Hall–Kier alpha value is -3.31. The van der Waals surface area contributed by atoms with Crippen LogP contribution in [0, 0.1) is 0 Å². The third kappa shape index (κ3) is 6.52. The number of hydrogen-bond donors (Lipinski definition) is 2. The van der Waals surface area contributed by atoms with Crippen molar-refractivity contribution in [2.45, 2.75) is 18.9 Å². The summed E-state index contributed by atoms with van der Waals surface area (Å²) in [7, 11) is 5.04. The molecule has 0 aliphatic carbocycles. The Morgan fingerprint density at radius 3 is 2.42 bits per heavy atom. The van der Waals surface area contributed by atoms with Crippen molar-refractivity contribution in [1.29, 1.82) is 0 Å². The summed E-state index contributed by atoms with van der Waals surface area (Å²) in [5.41, 5.74) is 2.10. The summed E-state index contributed by atoms with van der Waals surface area (Å²) in [6.07, 6.45) is 5.17. The summed E-state index contributed by atoms with van der Waals surface area (Å²) in [5.74, 6) is 1.74. The topological polar surface area (TPSA) is 121 Å². The number of benzene rings is 1. The molecule has 0 atom stereocenters. The molecule has 12 nitrogen and oxygen atoms in total. The fourth-order valence-corrected chi connectivity index (χ4v) is 5.41. The second-order valence-electron chi connectivity index (χ2n) is 9.76. The van der Waals surface area contributed by atoms with Crippen molar-refractivity contribution in [3.05, 3.63) is 35.6 Å². The van der Waals surface area contributed by atoms with Crippen molar-refractivity contribution in [3.63, 3.8) is 0 Å². The van der Waals surface area contributed by atoms with Gasteiger partial charge in [0.1, 0.15) is 10.8 Å². The fraction of sp³-hybridized carbons (Fsp3) is 0.462. The molecule has 2 aliphatic heterocycles. The lowest BCUT2D eigenvalue weighted by molar-refractivity contribution is 0.0982. The summed E-state index contributed by atoms with van der Waals surface area (Å²) < 4.78 is 22.1. The van der Waals surface area contributed by atoms with Crippen LogP contribution in [0.5, 0.6) is 11.6 Å². The van der Waals surface area contributed by atoms with Gasteiger partial charge < -0.3 is 29.9 Å². The van der Waals surface area contributed by atoms with Crippen LogP contribution in [-0.4, -0.2) is 96.3 Å². The van der Waals surface area contributed by atoms with E-state index in [-0.39, 0.29) is 31.5 Å². The number of rotatable bonds is 9. The van der Waals surface area contributed by atoms with E-state index in [1.807, 2.05) is 12.1 Å². The van der Waals surface area contributed by atoms with Gasteiger partial charge in [-0.25, -0.2) is 15.0 Å². The molecule has 1 aromatic carbocycles. The van der Waals surface area contributed by atoms with Crippen LogP contribution < -0.4 is 30.4 Å². The Balaban J connectivity index is 1.26. The number of aromatic nitrogens is 4. The van der Waals surface area contributed by atoms with Gasteiger partial charge in [0, 0.05) is 57.1 Å². The van der Waals surface area contributed by atoms with Crippen LogP contribution >= 0.6 is 20.1 Å². The van der Waals surface area contributed by atoms with Gasteiger partial charge in [0.2, 0.25) is 14.4 Å². The molecular weight excluding hydrogens is 553 g/mol. The molecule has 40 heavy (non-hydrogen) atoms. The third-order valence-electron chi connectivity index (χ3n) is 7.31. The molecule has 0 unspecified atom stereocenters. The Kier molecular flexibility index (Phi) is 9.11. The molecule has 0 spiro atoms. The highest BCUT2D eigenvalue weighted by Gasteiger charge is 2.27. The fourth-order valence-electron chi connectivity index (χ4n) is 5.04. The van der Waals surface area contributed by atoms with Crippen molar-refractivity contribution >= 4 is 54.5 Å². The first-order chi connectivity index (χ1) is 19.5. The minimum atomic E-state index is -0.254. The lowest BCUT2D eigenvalue weighted by atomic mass is 10.0.